The van der Waals surface area contributed by atoms with E-state index in [1.807, 2.05) is 43.3 Å². The third-order valence-corrected chi connectivity index (χ3v) is 3.76. The van der Waals surface area contributed by atoms with Crippen LogP contribution in [0.5, 0.6) is 5.75 Å². The van der Waals surface area contributed by atoms with E-state index in [4.69, 9.17) is 4.74 Å². The van der Waals surface area contributed by atoms with Gasteiger partial charge in [-0.25, -0.2) is 0 Å². The van der Waals surface area contributed by atoms with E-state index in [0.29, 0.717) is 0 Å². The third kappa shape index (κ3) is 3.20. The van der Waals surface area contributed by atoms with Crippen LogP contribution in [0.1, 0.15) is 27.0 Å². The van der Waals surface area contributed by atoms with Crippen molar-refractivity contribution >= 4 is 17.1 Å². The van der Waals surface area contributed by atoms with Gasteiger partial charge in [-0.3, -0.25) is 4.79 Å². The summed E-state index contributed by atoms with van der Waals surface area (Å²) in [6.45, 7) is 4.20. The lowest BCUT2D eigenvalue weighted by Crippen LogP contribution is -2.09. The minimum Gasteiger partial charge on any atom is -0.485 e. The molecular weight excluding hydrogens is 244 g/mol. The number of thiophene rings is 1. The van der Waals surface area contributed by atoms with E-state index >= 15 is 0 Å². The van der Waals surface area contributed by atoms with Crippen molar-refractivity contribution in [2.24, 2.45) is 0 Å². The number of Topliss-reactive ketones (excluding diaryl/α,β-unsaturated/α-hetero) is 1. The summed E-state index contributed by atoms with van der Waals surface area (Å²) in [6, 6.07) is 11.7. The van der Waals surface area contributed by atoms with Crippen molar-refractivity contribution in [3.63, 3.8) is 0 Å². The van der Waals surface area contributed by atoms with Crippen LogP contribution in [-0.2, 0) is 6.42 Å². The van der Waals surface area contributed by atoms with Gasteiger partial charge in [0.2, 0.25) is 5.78 Å². The molecule has 2 nitrogen and oxygen atoms in total. The van der Waals surface area contributed by atoms with Gasteiger partial charge >= 0.3 is 0 Å². The topological polar surface area (TPSA) is 26.3 Å². The molecule has 0 N–H and O–H groups in total. The average Bonchev–Trinajstić information content (AvgIpc) is 2.83. The molecule has 0 fully saturated rings. The van der Waals surface area contributed by atoms with Crippen LogP contribution >= 0.6 is 11.3 Å². The molecule has 0 spiro atoms. The average molecular weight is 260 g/mol. The molecule has 0 aliphatic rings. The summed E-state index contributed by atoms with van der Waals surface area (Å²) in [4.78, 5) is 13.7. The molecule has 94 valence electrons. The number of benzene rings is 1. The SMILES string of the molecule is CCc1ccc(OCC(=O)c2ccc(C)s2)cc1. The largest absolute Gasteiger partial charge is 0.485 e. The molecule has 0 aliphatic carbocycles. The van der Waals surface area contributed by atoms with Crippen molar-refractivity contribution < 1.29 is 9.53 Å². The number of ether oxygens (including phenoxy) is 1. The summed E-state index contributed by atoms with van der Waals surface area (Å²) >= 11 is 1.51. The Labute approximate surface area is 111 Å². The third-order valence-electron chi connectivity index (χ3n) is 2.72. The second-order valence-electron chi connectivity index (χ2n) is 4.12. The molecule has 0 aliphatic heterocycles. The predicted molar refractivity (Wildman–Crippen MR) is 74.7 cm³/mol. The molecule has 18 heavy (non-hydrogen) atoms. The molecule has 3 heteroatoms. The summed E-state index contributed by atoms with van der Waals surface area (Å²) in [5, 5.41) is 0. The number of hydrogen-bond donors (Lipinski definition) is 0. The zero-order valence-electron chi connectivity index (χ0n) is 10.6. The van der Waals surface area contributed by atoms with Gasteiger partial charge in [-0.2, -0.15) is 0 Å². The first-order valence-electron chi connectivity index (χ1n) is 6.00. The highest BCUT2D eigenvalue weighted by Gasteiger charge is 2.08. The maximum atomic E-state index is 11.8. The number of aryl methyl sites for hydroxylation is 2. The summed E-state index contributed by atoms with van der Waals surface area (Å²) in [5.74, 6) is 0.779. The van der Waals surface area contributed by atoms with Crippen LogP contribution in [-0.4, -0.2) is 12.4 Å². The molecule has 0 unspecified atom stereocenters. The summed E-state index contributed by atoms with van der Waals surface area (Å²) in [5.41, 5.74) is 1.27. The molecule has 0 radical (unpaired) electrons. The molecule has 0 saturated carbocycles. The van der Waals surface area contributed by atoms with Crippen LogP contribution < -0.4 is 4.74 Å². The quantitative estimate of drug-likeness (QED) is 0.763. The van der Waals surface area contributed by atoms with Crippen LogP contribution in [0, 0.1) is 6.92 Å². The number of hydrogen-bond acceptors (Lipinski definition) is 3. The molecule has 0 amide bonds. The van der Waals surface area contributed by atoms with Crippen LogP contribution in [0.25, 0.3) is 0 Å². The Balaban J connectivity index is 1.92. The van der Waals surface area contributed by atoms with Gasteiger partial charge in [-0.05, 0) is 43.2 Å². The maximum Gasteiger partial charge on any atom is 0.210 e. The van der Waals surface area contributed by atoms with Gasteiger partial charge in [0, 0.05) is 4.88 Å². The molecule has 0 saturated heterocycles. The first kappa shape index (κ1) is 12.8. The Hall–Kier alpha value is -1.61. The fraction of sp³-hybridized carbons (Fsp3) is 0.267. The van der Waals surface area contributed by atoms with Crippen LogP contribution in [0.4, 0.5) is 0 Å². The van der Waals surface area contributed by atoms with Crippen molar-refractivity contribution in [2.45, 2.75) is 20.3 Å². The fourth-order valence-corrected chi connectivity index (χ4v) is 2.42. The predicted octanol–water partition coefficient (Wildman–Crippen LogP) is 3.88. The van der Waals surface area contributed by atoms with Gasteiger partial charge in [-0.1, -0.05) is 19.1 Å². The minimum atomic E-state index is 0.0349. The van der Waals surface area contributed by atoms with E-state index in [-0.39, 0.29) is 12.4 Å². The Morgan fingerprint density at radius 1 is 1.17 bits per heavy atom. The molecule has 2 rings (SSSR count). The first-order chi connectivity index (χ1) is 8.69. The lowest BCUT2D eigenvalue weighted by molar-refractivity contribution is 0.0925. The highest BCUT2D eigenvalue weighted by atomic mass is 32.1. The van der Waals surface area contributed by atoms with E-state index in [2.05, 4.69) is 6.92 Å². The molecule has 0 bridgehead atoms. The molecular formula is C15H16O2S. The van der Waals surface area contributed by atoms with Crippen molar-refractivity contribution in [1.29, 1.82) is 0 Å². The van der Waals surface area contributed by atoms with Gasteiger partial charge in [0.15, 0.2) is 6.61 Å². The first-order valence-corrected chi connectivity index (χ1v) is 6.82. The van der Waals surface area contributed by atoms with E-state index in [9.17, 15) is 4.79 Å². The highest BCUT2D eigenvalue weighted by molar-refractivity contribution is 7.14. The van der Waals surface area contributed by atoms with Gasteiger partial charge in [0.25, 0.3) is 0 Å². The Kier molecular flexibility index (Phi) is 4.15. The zero-order chi connectivity index (χ0) is 13.0. The fourth-order valence-electron chi connectivity index (χ4n) is 1.63. The number of ketones is 1. The van der Waals surface area contributed by atoms with E-state index in [0.717, 1.165) is 21.9 Å². The second-order valence-corrected chi connectivity index (χ2v) is 5.41. The molecule has 1 aromatic carbocycles. The zero-order valence-corrected chi connectivity index (χ0v) is 11.4. The van der Waals surface area contributed by atoms with Gasteiger partial charge in [0.1, 0.15) is 5.75 Å². The van der Waals surface area contributed by atoms with Crippen molar-refractivity contribution in [1.82, 2.24) is 0 Å². The summed E-state index contributed by atoms with van der Waals surface area (Å²) < 4.78 is 5.49. The van der Waals surface area contributed by atoms with Crippen molar-refractivity contribution in [3.8, 4) is 5.75 Å². The molecule has 1 heterocycles. The normalized spacial score (nSPS) is 10.3. The van der Waals surface area contributed by atoms with Crippen LogP contribution in [0.15, 0.2) is 36.4 Å². The number of carbonyl (C=O) groups excluding carboxylic acids is 1. The standard InChI is InChI=1S/C15H16O2S/c1-3-12-5-7-13(8-6-12)17-10-14(16)15-9-4-11(2)18-15/h4-9H,3,10H2,1-2H3. The molecule has 2 aromatic rings. The van der Waals surface area contributed by atoms with E-state index < -0.39 is 0 Å². The Morgan fingerprint density at radius 2 is 1.89 bits per heavy atom. The second kappa shape index (κ2) is 5.83. The summed E-state index contributed by atoms with van der Waals surface area (Å²) in [6.07, 6.45) is 1.01. The van der Waals surface area contributed by atoms with Gasteiger partial charge in [0.05, 0.1) is 4.88 Å². The monoisotopic (exact) mass is 260 g/mol. The van der Waals surface area contributed by atoms with Crippen LogP contribution in [0.3, 0.4) is 0 Å². The Bertz CT molecular complexity index is 526. The maximum absolute atomic E-state index is 11.8. The van der Waals surface area contributed by atoms with Crippen molar-refractivity contribution in [3.05, 3.63) is 51.7 Å². The van der Waals surface area contributed by atoms with Crippen LogP contribution in [0.2, 0.25) is 0 Å². The molecule has 1 aromatic heterocycles. The van der Waals surface area contributed by atoms with Gasteiger partial charge < -0.3 is 4.74 Å². The summed E-state index contributed by atoms with van der Waals surface area (Å²) in [7, 11) is 0. The lowest BCUT2D eigenvalue weighted by atomic mass is 10.2. The van der Waals surface area contributed by atoms with E-state index in [1.54, 1.807) is 0 Å². The van der Waals surface area contributed by atoms with Crippen molar-refractivity contribution in [2.75, 3.05) is 6.61 Å². The molecule has 0 atom stereocenters. The number of rotatable bonds is 5. The smallest absolute Gasteiger partial charge is 0.210 e. The number of carbonyl (C=O) groups is 1. The highest BCUT2D eigenvalue weighted by Crippen LogP contribution is 2.17. The van der Waals surface area contributed by atoms with E-state index in [1.165, 1.54) is 16.9 Å². The minimum absolute atomic E-state index is 0.0349. The lowest BCUT2D eigenvalue weighted by Gasteiger charge is -2.05. The Morgan fingerprint density at radius 3 is 2.44 bits per heavy atom. The van der Waals surface area contributed by atoms with Gasteiger partial charge in [-0.15, -0.1) is 11.3 Å².